The Balaban J connectivity index is 4.81. The number of carboxylic acids is 2. The van der Waals surface area contributed by atoms with Crippen molar-refractivity contribution in [3.63, 3.8) is 0 Å². The first-order valence-corrected chi connectivity index (χ1v) is 5.18. The number of aliphatic carboxylic acids is 2. The Morgan fingerprint density at radius 2 is 1.68 bits per heavy atom. The quantitative estimate of drug-likeness (QED) is 0.652. The second-order valence-electron chi connectivity index (χ2n) is 4.69. The molecule has 9 heteroatoms. The smallest absolute Gasteiger partial charge is 0.436 e. The Morgan fingerprint density at radius 3 is 2.00 bits per heavy atom. The minimum Gasteiger partial charge on any atom is -0.481 e. The van der Waals surface area contributed by atoms with E-state index >= 15 is 0 Å². The van der Waals surface area contributed by atoms with Gasteiger partial charge in [0.15, 0.2) is 0 Å². The first kappa shape index (κ1) is 17.2. The molecule has 1 amide bonds. The van der Waals surface area contributed by atoms with Crippen LogP contribution in [0.3, 0.4) is 0 Å². The summed E-state index contributed by atoms with van der Waals surface area (Å²) >= 11 is 0. The Morgan fingerprint density at radius 1 is 1.21 bits per heavy atom. The molecule has 0 aliphatic carbocycles. The summed E-state index contributed by atoms with van der Waals surface area (Å²) in [6.45, 7) is 3.83. The van der Waals surface area contributed by atoms with Crippen molar-refractivity contribution < 1.29 is 38.1 Å². The molecule has 7 nitrogen and oxygen atoms in total. The normalized spacial score (nSPS) is 13.7. The van der Waals surface area contributed by atoms with E-state index in [-0.39, 0.29) is 0 Å². The van der Waals surface area contributed by atoms with Gasteiger partial charge in [0.05, 0.1) is 12.0 Å². The number of nitrogens with one attached hydrogen (secondary N) is 1. The van der Waals surface area contributed by atoms with Gasteiger partial charge in [0, 0.05) is 0 Å². The summed E-state index contributed by atoms with van der Waals surface area (Å²) in [5.41, 5.74) is -1.34. The van der Waals surface area contributed by atoms with Crippen molar-refractivity contribution in [2.75, 3.05) is 0 Å². The number of alkyl halides is 2. The Labute approximate surface area is 107 Å². The number of carboxylic acid groups (broad SMARTS) is 2. The molecule has 0 aromatic carbocycles. The van der Waals surface area contributed by atoms with Gasteiger partial charge in [0.25, 0.3) is 0 Å². The molecule has 0 saturated heterocycles. The Hall–Kier alpha value is -1.77. The largest absolute Gasteiger partial charge is 0.481 e. The van der Waals surface area contributed by atoms with Crippen molar-refractivity contribution in [3.05, 3.63) is 0 Å². The average Bonchev–Trinajstić information content (AvgIpc) is 2.11. The van der Waals surface area contributed by atoms with Crippen molar-refractivity contribution in [2.45, 2.75) is 44.9 Å². The molecule has 0 heterocycles. The van der Waals surface area contributed by atoms with Gasteiger partial charge in [-0.2, -0.15) is 8.78 Å². The van der Waals surface area contributed by atoms with Crippen molar-refractivity contribution in [1.29, 1.82) is 0 Å². The number of halogens is 2. The third-order valence-electron chi connectivity index (χ3n) is 1.68. The van der Waals surface area contributed by atoms with Gasteiger partial charge in [-0.05, 0) is 20.8 Å². The number of carbonyl (C=O) groups is 3. The van der Waals surface area contributed by atoms with Gasteiger partial charge < -0.3 is 20.3 Å². The molecule has 0 aliphatic heterocycles. The van der Waals surface area contributed by atoms with Crippen LogP contribution in [0.1, 0.15) is 27.2 Å². The zero-order chi connectivity index (χ0) is 15.4. The number of rotatable bonds is 6. The van der Waals surface area contributed by atoms with Crippen LogP contribution < -0.4 is 5.32 Å². The van der Waals surface area contributed by atoms with Crippen LogP contribution in [0.4, 0.5) is 8.78 Å². The van der Waals surface area contributed by atoms with Crippen molar-refractivity contribution in [2.24, 2.45) is 0 Å². The molecule has 0 fully saturated rings. The highest BCUT2D eigenvalue weighted by Gasteiger charge is 2.45. The van der Waals surface area contributed by atoms with Gasteiger partial charge in [-0.1, -0.05) is 0 Å². The minimum atomic E-state index is -4.26. The highest BCUT2D eigenvalue weighted by Crippen LogP contribution is 2.23. The maximum Gasteiger partial charge on any atom is 0.436 e. The van der Waals surface area contributed by atoms with Crippen molar-refractivity contribution in [3.8, 4) is 0 Å². The molecular weight excluding hydrogens is 268 g/mol. The molecule has 110 valence electrons. The van der Waals surface area contributed by atoms with E-state index in [1.807, 2.05) is 0 Å². The molecular formula is C10H15F2NO6. The fraction of sp³-hybridized carbons (Fsp3) is 0.700. The minimum absolute atomic E-state index is 1.02. The molecule has 0 bridgehead atoms. The van der Waals surface area contributed by atoms with Gasteiger partial charge in [-0.15, -0.1) is 0 Å². The van der Waals surface area contributed by atoms with E-state index in [1.54, 1.807) is 0 Å². The monoisotopic (exact) mass is 283 g/mol. The molecule has 0 aliphatic rings. The maximum atomic E-state index is 13.3. The lowest BCUT2D eigenvalue weighted by molar-refractivity contribution is -0.267. The average molecular weight is 283 g/mol. The summed E-state index contributed by atoms with van der Waals surface area (Å²) in [4.78, 5) is 32.2. The molecule has 3 N–H and O–H groups in total. The second-order valence-corrected chi connectivity index (χ2v) is 4.69. The van der Waals surface area contributed by atoms with Gasteiger partial charge >= 0.3 is 24.0 Å². The van der Waals surface area contributed by atoms with Crippen LogP contribution in [0, 0.1) is 0 Å². The molecule has 19 heavy (non-hydrogen) atoms. The number of carbonyl (C=O) groups excluding carboxylic acids is 1. The highest BCUT2D eigenvalue weighted by molar-refractivity contribution is 5.89. The predicted octanol–water partition coefficient (Wildman–Crippen LogP) is 0.438. The lowest BCUT2D eigenvalue weighted by Gasteiger charge is -2.26. The summed E-state index contributed by atoms with van der Waals surface area (Å²) in [5, 5.41) is 18.4. The second kappa shape index (κ2) is 5.91. The van der Waals surface area contributed by atoms with Crippen LogP contribution in [0.2, 0.25) is 0 Å². The van der Waals surface area contributed by atoms with E-state index in [9.17, 15) is 23.2 Å². The summed E-state index contributed by atoms with van der Waals surface area (Å²) in [5.74, 6) is -5.29. The van der Waals surface area contributed by atoms with Crippen LogP contribution in [-0.2, 0) is 19.1 Å². The first-order chi connectivity index (χ1) is 8.35. The molecule has 0 radical (unpaired) electrons. The lowest BCUT2D eigenvalue weighted by atomic mass is 10.2. The van der Waals surface area contributed by atoms with Crippen LogP contribution in [0.5, 0.6) is 0 Å². The van der Waals surface area contributed by atoms with E-state index in [0.717, 1.165) is 0 Å². The van der Waals surface area contributed by atoms with Gasteiger partial charge in [-0.3, -0.25) is 9.59 Å². The summed E-state index contributed by atoms with van der Waals surface area (Å²) in [6, 6.07) is -1.96. The van der Waals surface area contributed by atoms with E-state index in [4.69, 9.17) is 10.2 Å². The van der Waals surface area contributed by atoms with Gasteiger partial charge in [0.1, 0.15) is 6.04 Å². The van der Waals surface area contributed by atoms with Crippen LogP contribution >= 0.6 is 0 Å². The molecule has 1 atom stereocenters. The zero-order valence-corrected chi connectivity index (χ0v) is 10.6. The lowest BCUT2D eigenvalue weighted by Crippen LogP contribution is -2.52. The zero-order valence-electron chi connectivity index (χ0n) is 10.6. The van der Waals surface area contributed by atoms with E-state index in [0.29, 0.717) is 0 Å². The number of amides is 1. The van der Waals surface area contributed by atoms with E-state index < -0.39 is 42.0 Å². The molecule has 0 rings (SSSR count). The summed E-state index contributed by atoms with van der Waals surface area (Å²) in [7, 11) is 0. The predicted molar refractivity (Wildman–Crippen MR) is 57.6 cm³/mol. The molecule has 0 aromatic rings. The third kappa shape index (κ3) is 6.65. The molecule has 0 saturated carbocycles. The molecule has 0 aromatic heterocycles. The molecule has 1 unspecified atom stereocenters. The van der Waals surface area contributed by atoms with Crippen LogP contribution in [0.15, 0.2) is 0 Å². The fourth-order valence-electron chi connectivity index (χ4n) is 1.05. The topological polar surface area (TPSA) is 113 Å². The SMILES string of the molecule is CC(C)(C)OC(F)(F)C(=O)NC(CC(=O)O)C(=O)O. The van der Waals surface area contributed by atoms with Crippen molar-refractivity contribution >= 4 is 17.8 Å². The molecule has 0 spiro atoms. The van der Waals surface area contributed by atoms with Gasteiger partial charge in [0.2, 0.25) is 0 Å². The van der Waals surface area contributed by atoms with Crippen LogP contribution in [0.25, 0.3) is 0 Å². The number of hydrogen-bond donors (Lipinski definition) is 3. The van der Waals surface area contributed by atoms with Crippen LogP contribution in [-0.4, -0.2) is 45.8 Å². The summed E-state index contributed by atoms with van der Waals surface area (Å²) in [6.07, 6.45) is -5.28. The Kier molecular flexibility index (Phi) is 5.36. The fourth-order valence-corrected chi connectivity index (χ4v) is 1.05. The summed E-state index contributed by atoms with van der Waals surface area (Å²) < 4.78 is 30.8. The first-order valence-electron chi connectivity index (χ1n) is 5.18. The maximum absolute atomic E-state index is 13.3. The standard InChI is InChI=1S/C10H15F2NO6/c1-9(2,3)19-10(11,12)8(18)13-5(7(16)17)4-6(14)15/h5H,4H2,1-3H3,(H,13,18)(H,14,15)(H,16,17). The third-order valence-corrected chi connectivity index (χ3v) is 1.68. The Bertz CT molecular complexity index is 377. The van der Waals surface area contributed by atoms with Gasteiger partial charge in [-0.25, -0.2) is 4.79 Å². The van der Waals surface area contributed by atoms with E-state index in [1.165, 1.54) is 26.1 Å². The number of ether oxygens (including phenoxy) is 1. The highest BCUT2D eigenvalue weighted by atomic mass is 19.3. The van der Waals surface area contributed by atoms with Crippen molar-refractivity contribution in [1.82, 2.24) is 5.32 Å². The van der Waals surface area contributed by atoms with E-state index in [2.05, 4.69) is 4.74 Å². The number of hydrogen-bond acceptors (Lipinski definition) is 4.